The molecule has 24 heavy (non-hydrogen) atoms. The minimum Gasteiger partial charge on any atom is -0.374 e. The minimum atomic E-state index is -0.718. The molecule has 0 aliphatic carbocycles. The Morgan fingerprint density at radius 3 is 2.04 bits per heavy atom. The maximum atomic E-state index is 10.1. The largest absolute Gasteiger partial charge is 0.374 e. The van der Waals surface area contributed by atoms with Gasteiger partial charge < -0.3 is 4.89 Å². The molecule has 1 nitrogen and oxygen atoms in total. The van der Waals surface area contributed by atoms with Crippen molar-refractivity contribution in [3.8, 4) is 0 Å². The smallest absolute Gasteiger partial charge is 0.0251 e. The quantitative estimate of drug-likeness (QED) is 0.404. The first kappa shape index (κ1) is 21.7. The lowest BCUT2D eigenvalue weighted by molar-refractivity contribution is 0.561. The van der Waals surface area contributed by atoms with Crippen LogP contribution in [0, 0.1) is 0 Å². The Bertz CT molecular complexity index is 494. The highest BCUT2D eigenvalue weighted by atomic mass is 31.1. The van der Waals surface area contributed by atoms with E-state index in [1.54, 1.807) is 0 Å². The van der Waals surface area contributed by atoms with E-state index in [0.717, 1.165) is 25.2 Å². The molecule has 1 aromatic carbocycles. The second-order valence-corrected chi connectivity index (χ2v) is 11.0. The molecule has 1 unspecified atom stereocenters. The lowest BCUT2D eigenvalue weighted by atomic mass is 9.78. The average Bonchev–Trinajstić information content (AvgIpc) is 2.47. The second-order valence-electron chi connectivity index (χ2n) is 9.14. The van der Waals surface area contributed by atoms with Gasteiger partial charge in [-0.2, -0.15) is 0 Å². The van der Waals surface area contributed by atoms with Crippen molar-refractivity contribution in [1.82, 2.24) is 0 Å². The number of hydrogen-bond donors (Lipinski definition) is 1. The highest BCUT2D eigenvalue weighted by Crippen LogP contribution is 2.34. The summed E-state index contributed by atoms with van der Waals surface area (Å²) < 4.78 is 0. The van der Waals surface area contributed by atoms with Gasteiger partial charge in [0.25, 0.3) is 0 Å². The molecule has 0 saturated carbocycles. The molecular formula is C22H39OP. The summed E-state index contributed by atoms with van der Waals surface area (Å²) in [5.74, 6) is 0. The van der Waals surface area contributed by atoms with E-state index >= 15 is 0 Å². The molecule has 0 aliphatic heterocycles. The molecule has 0 amide bonds. The maximum absolute atomic E-state index is 10.1. The molecule has 0 spiro atoms. The van der Waals surface area contributed by atoms with E-state index in [4.69, 9.17) is 0 Å². The van der Waals surface area contributed by atoms with Gasteiger partial charge in [-0.15, -0.1) is 0 Å². The first-order valence-electron chi connectivity index (χ1n) is 9.63. The van der Waals surface area contributed by atoms with Crippen LogP contribution in [0.4, 0.5) is 0 Å². The van der Waals surface area contributed by atoms with E-state index < -0.39 is 8.15 Å². The van der Waals surface area contributed by atoms with Crippen LogP contribution < -0.4 is 0 Å². The van der Waals surface area contributed by atoms with Gasteiger partial charge in [-0.1, -0.05) is 73.1 Å². The standard InChI is InChI=1S/C22H39OP/c1-8-9-15-24(23)16-11-10-12-18-13-14-19(21(2,3)4)17-20(18)22(5,6)7/h13-14,17,23H,8-12,15-16H2,1-7H3. The average molecular weight is 351 g/mol. The third-order valence-corrected chi connectivity index (χ3v) is 6.33. The van der Waals surface area contributed by atoms with Crippen molar-refractivity contribution in [2.75, 3.05) is 12.3 Å². The van der Waals surface area contributed by atoms with Crippen molar-refractivity contribution >= 4 is 8.15 Å². The molecule has 1 atom stereocenters. The van der Waals surface area contributed by atoms with Crippen molar-refractivity contribution in [2.45, 2.75) is 91.4 Å². The van der Waals surface area contributed by atoms with Crippen LogP contribution >= 0.6 is 8.15 Å². The maximum Gasteiger partial charge on any atom is 0.0251 e. The van der Waals surface area contributed by atoms with Gasteiger partial charge in [0.2, 0.25) is 0 Å². The molecule has 0 radical (unpaired) electrons. The van der Waals surface area contributed by atoms with Gasteiger partial charge in [-0.3, -0.25) is 0 Å². The van der Waals surface area contributed by atoms with Gasteiger partial charge in [0, 0.05) is 8.15 Å². The van der Waals surface area contributed by atoms with Crippen molar-refractivity contribution in [3.05, 3.63) is 34.9 Å². The number of unbranched alkanes of at least 4 members (excludes halogenated alkanes) is 2. The molecule has 0 aromatic heterocycles. The summed E-state index contributed by atoms with van der Waals surface area (Å²) in [7, 11) is -0.718. The molecule has 1 rings (SSSR count). The first-order valence-corrected chi connectivity index (χ1v) is 11.3. The lowest BCUT2D eigenvalue weighted by Crippen LogP contribution is -2.18. The van der Waals surface area contributed by atoms with Crippen LogP contribution in [0.3, 0.4) is 0 Å². The minimum absolute atomic E-state index is 0.182. The van der Waals surface area contributed by atoms with Crippen LogP contribution in [-0.2, 0) is 17.3 Å². The highest BCUT2D eigenvalue weighted by Gasteiger charge is 2.21. The molecule has 1 aromatic rings. The van der Waals surface area contributed by atoms with Crippen molar-refractivity contribution < 1.29 is 4.89 Å². The summed E-state index contributed by atoms with van der Waals surface area (Å²) in [6, 6.07) is 7.08. The molecule has 2 heteroatoms. The third kappa shape index (κ3) is 7.24. The van der Waals surface area contributed by atoms with Crippen LogP contribution in [-0.4, -0.2) is 17.2 Å². The summed E-state index contributed by atoms with van der Waals surface area (Å²) >= 11 is 0. The Balaban J connectivity index is 2.71. The predicted octanol–water partition coefficient (Wildman–Crippen LogP) is 6.79. The Kier molecular flexibility index (Phi) is 8.43. The summed E-state index contributed by atoms with van der Waals surface area (Å²) in [6.07, 6.45) is 7.87. The van der Waals surface area contributed by atoms with Gasteiger partial charge in [-0.05, 0) is 65.5 Å². The molecule has 0 bridgehead atoms. The van der Waals surface area contributed by atoms with E-state index in [1.165, 1.54) is 36.0 Å². The fourth-order valence-electron chi connectivity index (χ4n) is 3.02. The van der Waals surface area contributed by atoms with Gasteiger partial charge >= 0.3 is 0 Å². The van der Waals surface area contributed by atoms with Crippen molar-refractivity contribution in [2.24, 2.45) is 0 Å². The molecular weight excluding hydrogens is 311 g/mol. The lowest BCUT2D eigenvalue weighted by Gasteiger charge is -2.27. The SMILES string of the molecule is CCCCP(O)CCCCc1ccc(C(C)(C)C)cc1C(C)(C)C. The van der Waals surface area contributed by atoms with E-state index in [-0.39, 0.29) is 10.8 Å². The van der Waals surface area contributed by atoms with Gasteiger partial charge in [0.05, 0.1) is 0 Å². The summed E-state index contributed by atoms with van der Waals surface area (Å²) in [6.45, 7) is 16.0. The van der Waals surface area contributed by atoms with Gasteiger partial charge in [0.1, 0.15) is 0 Å². The Hall–Kier alpha value is -0.390. The highest BCUT2D eigenvalue weighted by molar-refractivity contribution is 7.51. The second kappa shape index (κ2) is 9.35. The fraction of sp³-hybridized carbons (Fsp3) is 0.727. The number of hydrogen-bond acceptors (Lipinski definition) is 1. The zero-order chi connectivity index (χ0) is 18.4. The number of benzene rings is 1. The Morgan fingerprint density at radius 1 is 0.875 bits per heavy atom. The number of rotatable bonds is 8. The molecule has 1 N–H and O–H groups in total. The molecule has 0 saturated heterocycles. The van der Waals surface area contributed by atoms with E-state index in [1.807, 2.05) is 0 Å². The van der Waals surface area contributed by atoms with Crippen LogP contribution in [0.2, 0.25) is 0 Å². The Labute approximate surface area is 152 Å². The Morgan fingerprint density at radius 2 is 1.50 bits per heavy atom. The zero-order valence-electron chi connectivity index (χ0n) is 17.1. The van der Waals surface area contributed by atoms with Gasteiger partial charge in [-0.25, -0.2) is 0 Å². The van der Waals surface area contributed by atoms with Crippen LogP contribution in [0.5, 0.6) is 0 Å². The summed E-state index contributed by atoms with van der Waals surface area (Å²) in [4.78, 5) is 10.1. The van der Waals surface area contributed by atoms with Crippen LogP contribution in [0.25, 0.3) is 0 Å². The van der Waals surface area contributed by atoms with Gasteiger partial charge in [0.15, 0.2) is 0 Å². The monoisotopic (exact) mass is 350 g/mol. The van der Waals surface area contributed by atoms with E-state index in [9.17, 15) is 4.89 Å². The molecule has 0 fully saturated rings. The molecule has 138 valence electrons. The fourth-order valence-corrected chi connectivity index (χ4v) is 4.51. The van der Waals surface area contributed by atoms with Crippen molar-refractivity contribution in [3.63, 3.8) is 0 Å². The van der Waals surface area contributed by atoms with E-state index in [2.05, 4.69) is 66.7 Å². The predicted molar refractivity (Wildman–Crippen MR) is 111 cm³/mol. The zero-order valence-corrected chi connectivity index (χ0v) is 18.0. The third-order valence-electron chi connectivity index (χ3n) is 4.67. The summed E-state index contributed by atoms with van der Waals surface area (Å²) in [5.41, 5.74) is 4.79. The first-order chi connectivity index (χ1) is 11.1. The summed E-state index contributed by atoms with van der Waals surface area (Å²) in [5, 5.41) is 0. The van der Waals surface area contributed by atoms with Crippen LogP contribution in [0.1, 0.15) is 90.8 Å². The topological polar surface area (TPSA) is 20.2 Å². The van der Waals surface area contributed by atoms with Crippen LogP contribution in [0.15, 0.2) is 18.2 Å². The normalized spacial score (nSPS) is 14.0. The number of aryl methyl sites for hydroxylation is 1. The molecule has 0 aliphatic rings. The van der Waals surface area contributed by atoms with Crippen molar-refractivity contribution in [1.29, 1.82) is 0 Å². The molecule has 0 heterocycles. The van der Waals surface area contributed by atoms with E-state index in [0.29, 0.717) is 0 Å².